The van der Waals surface area contributed by atoms with Crippen molar-refractivity contribution >= 4 is 28.0 Å². The first-order valence-electron chi connectivity index (χ1n) is 6.99. The molecule has 2 aromatic rings. The van der Waals surface area contributed by atoms with Crippen LogP contribution in [0.2, 0.25) is 0 Å². The number of benzene rings is 1. The van der Waals surface area contributed by atoms with E-state index in [1.54, 1.807) is 6.21 Å². The predicted octanol–water partition coefficient (Wildman–Crippen LogP) is 3.50. The Labute approximate surface area is 132 Å². The number of rotatable bonds is 4. The van der Waals surface area contributed by atoms with Gasteiger partial charge in [-0.2, -0.15) is 0 Å². The summed E-state index contributed by atoms with van der Waals surface area (Å²) in [5.41, 5.74) is 1.19. The first-order valence-corrected chi connectivity index (χ1v) is 7.78. The zero-order chi connectivity index (χ0) is 14.5. The van der Waals surface area contributed by atoms with Gasteiger partial charge in [-0.3, -0.25) is 4.99 Å². The van der Waals surface area contributed by atoms with Gasteiger partial charge in [0.2, 0.25) is 5.88 Å². The second-order valence-electron chi connectivity index (χ2n) is 4.86. The van der Waals surface area contributed by atoms with Crippen molar-refractivity contribution in [2.45, 2.75) is 6.54 Å². The fourth-order valence-electron chi connectivity index (χ4n) is 2.25. The molecule has 1 aliphatic heterocycles. The van der Waals surface area contributed by atoms with Crippen molar-refractivity contribution in [2.24, 2.45) is 4.99 Å². The van der Waals surface area contributed by atoms with Crippen molar-refractivity contribution in [3.05, 3.63) is 52.2 Å². The van der Waals surface area contributed by atoms with Crippen LogP contribution < -0.4 is 4.90 Å². The zero-order valence-electron chi connectivity index (χ0n) is 11.7. The van der Waals surface area contributed by atoms with Gasteiger partial charge in [0.15, 0.2) is 0 Å². The summed E-state index contributed by atoms with van der Waals surface area (Å²) in [6.45, 7) is 3.85. The molecule has 0 aliphatic carbocycles. The topological polar surface area (TPSA) is 38.0 Å². The van der Waals surface area contributed by atoms with E-state index < -0.39 is 0 Å². The maximum Gasteiger partial charge on any atom is 0.210 e. The molecule has 0 radical (unpaired) electrons. The van der Waals surface area contributed by atoms with E-state index in [1.165, 1.54) is 5.56 Å². The number of aliphatic imine (C=N–C) groups is 1. The molecule has 3 rings (SSSR count). The van der Waals surface area contributed by atoms with E-state index in [1.807, 2.05) is 24.3 Å². The number of ether oxygens (including phenoxy) is 1. The van der Waals surface area contributed by atoms with Crippen LogP contribution in [0.15, 0.2) is 50.3 Å². The summed E-state index contributed by atoms with van der Waals surface area (Å²) in [6.07, 6.45) is 1.78. The molecule has 1 saturated heterocycles. The summed E-state index contributed by atoms with van der Waals surface area (Å²) in [4.78, 5) is 6.61. The maximum atomic E-state index is 5.87. The predicted molar refractivity (Wildman–Crippen MR) is 87.2 cm³/mol. The lowest BCUT2D eigenvalue weighted by atomic mass is 10.2. The highest BCUT2D eigenvalue weighted by Crippen LogP contribution is 2.30. The standard InChI is InChI=1S/C16H17BrN2O2/c17-15-10-14(12-18-11-13-4-2-1-3-5-13)21-16(15)19-6-8-20-9-7-19/h1-5,10,12H,6-9,11H2. The normalized spacial score (nSPS) is 15.8. The number of halogens is 1. The van der Waals surface area contributed by atoms with Crippen LogP contribution in [0, 0.1) is 0 Å². The van der Waals surface area contributed by atoms with Crippen molar-refractivity contribution in [3.8, 4) is 0 Å². The molecule has 0 unspecified atom stereocenters. The third-order valence-corrected chi connectivity index (χ3v) is 3.89. The minimum absolute atomic E-state index is 0.659. The van der Waals surface area contributed by atoms with Crippen LogP contribution in [0.5, 0.6) is 0 Å². The van der Waals surface area contributed by atoms with Gasteiger partial charge in [-0.1, -0.05) is 30.3 Å². The van der Waals surface area contributed by atoms with E-state index in [0.717, 1.165) is 42.4 Å². The number of anilines is 1. The SMILES string of the molecule is Brc1cc(C=NCc2ccccc2)oc1N1CCOCC1. The number of nitrogens with zero attached hydrogens (tertiary/aromatic N) is 2. The Morgan fingerprint density at radius 2 is 1.95 bits per heavy atom. The molecule has 1 aromatic heterocycles. The van der Waals surface area contributed by atoms with Gasteiger partial charge in [0.25, 0.3) is 0 Å². The lowest BCUT2D eigenvalue weighted by Crippen LogP contribution is -2.36. The van der Waals surface area contributed by atoms with E-state index in [0.29, 0.717) is 6.54 Å². The highest BCUT2D eigenvalue weighted by atomic mass is 79.9. The average Bonchev–Trinajstić information content (AvgIpc) is 2.90. The van der Waals surface area contributed by atoms with Crippen LogP contribution in [-0.4, -0.2) is 32.5 Å². The van der Waals surface area contributed by atoms with E-state index in [-0.39, 0.29) is 0 Å². The van der Waals surface area contributed by atoms with Crippen LogP contribution in [-0.2, 0) is 11.3 Å². The minimum atomic E-state index is 0.659. The van der Waals surface area contributed by atoms with Crippen molar-refractivity contribution < 1.29 is 9.15 Å². The summed E-state index contributed by atoms with van der Waals surface area (Å²) in [7, 11) is 0. The zero-order valence-corrected chi connectivity index (χ0v) is 13.3. The van der Waals surface area contributed by atoms with E-state index in [9.17, 15) is 0 Å². The number of morpholine rings is 1. The van der Waals surface area contributed by atoms with Crippen LogP contribution in [0.4, 0.5) is 5.88 Å². The first-order chi connectivity index (χ1) is 10.3. The Bertz CT molecular complexity index is 604. The molecule has 2 heterocycles. The van der Waals surface area contributed by atoms with Crippen molar-refractivity contribution in [1.82, 2.24) is 0 Å². The molecule has 0 atom stereocenters. The monoisotopic (exact) mass is 348 g/mol. The van der Waals surface area contributed by atoms with Crippen LogP contribution in [0.1, 0.15) is 11.3 Å². The summed E-state index contributed by atoms with van der Waals surface area (Å²) in [6, 6.07) is 12.1. The van der Waals surface area contributed by atoms with Gasteiger partial charge in [0.1, 0.15) is 5.76 Å². The molecule has 21 heavy (non-hydrogen) atoms. The first kappa shape index (κ1) is 14.4. The Hall–Kier alpha value is -1.59. The Kier molecular flexibility index (Phi) is 4.72. The van der Waals surface area contributed by atoms with Gasteiger partial charge in [0.05, 0.1) is 30.4 Å². The molecule has 0 N–H and O–H groups in total. The van der Waals surface area contributed by atoms with Gasteiger partial charge in [-0.15, -0.1) is 0 Å². The fourth-order valence-corrected chi connectivity index (χ4v) is 2.80. The summed E-state index contributed by atoms with van der Waals surface area (Å²) < 4.78 is 12.2. The van der Waals surface area contributed by atoms with Gasteiger partial charge in [0, 0.05) is 19.2 Å². The van der Waals surface area contributed by atoms with Crippen LogP contribution >= 0.6 is 15.9 Å². The molecule has 0 bridgehead atoms. The Balaban J connectivity index is 1.66. The van der Waals surface area contributed by atoms with Crippen LogP contribution in [0.3, 0.4) is 0 Å². The summed E-state index contributed by atoms with van der Waals surface area (Å²) >= 11 is 3.55. The molecule has 5 heteroatoms. The maximum absolute atomic E-state index is 5.87. The largest absolute Gasteiger partial charge is 0.438 e. The lowest BCUT2D eigenvalue weighted by molar-refractivity contribution is 0.120. The van der Waals surface area contributed by atoms with Gasteiger partial charge in [-0.25, -0.2) is 0 Å². The third-order valence-electron chi connectivity index (χ3n) is 3.32. The molecule has 1 aromatic carbocycles. The van der Waals surface area contributed by atoms with Crippen molar-refractivity contribution in [3.63, 3.8) is 0 Å². The molecule has 0 amide bonds. The Morgan fingerprint density at radius 3 is 2.71 bits per heavy atom. The van der Waals surface area contributed by atoms with E-state index >= 15 is 0 Å². The number of hydrogen-bond acceptors (Lipinski definition) is 4. The molecular weight excluding hydrogens is 332 g/mol. The molecule has 0 saturated carbocycles. The highest BCUT2D eigenvalue weighted by molar-refractivity contribution is 9.10. The second-order valence-corrected chi connectivity index (χ2v) is 5.71. The molecule has 0 spiro atoms. The number of hydrogen-bond donors (Lipinski definition) is 0. The molecule has 1 fully saturated rings. The van der Waals surface area contributed by atoms with E-state index in [4.69, 9.17) is 9.15 Å². The van der Waals surface area contributed by atoms with Gasteiger partial charge >= 0.3 is 0 Å². The number of furan rings is 1. The Morgan fingerprint density at radius 1 is 1.19 bits per heavy atom. The molecule has 110 valence electrons. The third kappa shape index (κ3) is 3.74. The van der Waals surface area contributed by atoms with Crippen LogP contribution in [0.25, 0.3) is 0 Å². The second kappa shape index (κ2) is 6.91. The molecular formula is C16H17BrN2O2. The molecule has 4 nitrogen and oxygen atoms in total. The average molecular weight is 349 g/mol. The smallest absolute Gasteiger partial charge is 0.210 e. The lowest BCUT2D eigenvalue weighted by Gasteiger charge is -2.26. The molecule has 1 aliphatic rings. The highest BCUT2D eigenvalue weighted by Gasteiger charge is 2.18. The van der Waals surface area contributed by atoms with Crippen molar-refractivity contribution in [1.29, 1.82) is 0 Å². The van der Waals surface area contributed by atoms with Gasteiger partial charge in [-0.05, 0) is 21.5 Å². The fraction of sp³-hybridized carbons (Fsp3) is 0.312. The summed E-state index contributed by atoms with van der Waals surface area (Å²) in [5, 5.41) is 0. The van der Waals surface area contributed by atoms with E-state index in [2.05, 4.69) is 38.0 Å². The summed E-state index contributed by atoms with van der Waals surface area (Å²) in [5.74, 6) is 1.62. The quantitative estimate of drug-likeness (QED) is 0.793. The van der Waals surface area contributed by atoms with Crippen molar-refractivity contribution in [2.75, 3.05) is 31.2 Å². The minimum Gasteiger partial charge on any atom is -0.438 e. The van der Waals surface area contributed by atoms with Gasteiger partial charge < -0.3 is 14.1 Å².